The van der Waals surface area contributed by atoms with Gasteiger partial charge in [-0.05, 0) is 50.8 Å². The smallest absolute Gasteiger partial charge is 0.340 e. The molecule has 2 heterocycles. The van der Waals surface area contributed by atoms with Crippen molar-refractivity contribution in [3.8, 4) is 0 Å². The van der Waals surface area contributed by atoms with Gasteiger partial charge in [-0.2, -0.15) is 0 Å². The molecule has 5 nitrogen and oxygen atoms in total. The maximum Gasteiger partial charge on any atom is 0.340 e. The first-order chi connectivity index (χ1) is 13.4. The largest absolute Gasteiger partial charge is 0.462 e. The second-order valence-electron chi connectivity index (χ2n) is 7.23. The molecule has 1 aliphatic heterocycles. The number of ketones is 1. The van der Waals surface area contributed by atoms with Gasteiger partial charge in [0.1, 0.15) is 0 Å². The van der Waals surface area contributed by atoms with E-state index in [-0.39, 0.29) is 17.8 Å². The van der Waals surface area contributed by atoms with E-state index >= 15 is 0 Å². The van der Waals surface area contributed by atoms with Crippen LogP contribution in [0.2, 0.25) is 0 Å². The second-order valence-corrected chi connectivity index (χ2v) is 7.23. The Balaban J connectivity index is 1.75. The fraction of sp³-hybridized carbons (Fsp3) is 0.391. The number of nitrogens with zero attached hydrogens (tertiary/aromatic N) is 1. The Morgan fingerprint density at radius 2 is 1.93 bits per heavy atom. The molecule has 0 saturated carbocycles. The molecule has 0 saturated heterocycles. The number of aromatic amines is 1. The predicted octanol–water partition coefficient (Wildman–Crippen LogP) is 4.17. The van der Waals surface area contributed by atoms with Gasteiger partial charge in [0, 0.05) is 18.8 Å². The number of hydrogen-bond donors (Lipinski definition) is 1. The molecule has 0 fully saturated rings. The molecule has 1 atom stereocenters. The van der Waals surface area contributed by atoms with E-state index in [9.17, 15) is 9.59 Å². The first-order valence-corrected chi connectivity index (χ1v) is 9.83. The molecule has 2 aromatic rings. The number of esters is 1. The van der Waals surface area contributed by atoms with Gasteiger partial charge in [0.2, 0.25) is 0 Å². The molecule has 0 bridgehead atoms. The lowest BCUT2D eigenvalue weighted by Crippen LogP contribution is -2.41. The molecule has 0 aliphatic carbocycles. The van der Waals surface area contributed by atoms with E-state index < -0.39 is 0 Å². The maximum atomic E-state index is 13.1. The lowest BCUT2D eigenvalue weighted by molar-refractivity contribution is 0.0525. The van der Waals surface area contributed by atoms with Crippen molar-refractivity contribution < 1.29 is 14.3 Å². The van der Waals surface area contributed by atoms with Crippen molar-refractivity contribution in [2.24, 2.45) is 0 Å². The summed E-state index contributed by atoms with van der Waals surface area (Å²) >= 11 is 0. The number of carbonyl (C=O) groups is 2. The van der Waals surface area contributed by atoms with Crippen molar-refractivity contribution in [1.29, 1.82) is 0 Å². The Morgan fingerprint density at radius 1 is 1.21 bits per heavy atom. The summed E-state index contributed by atoms with van der Waals surface area (Å²) in [7, 11) is 0. The van der Waals surface area contributed by atoms with Crippen LogP contribution < -0.4 is 0 Å². The van der Waals surface area contributed by atoms with Crippen LogP contribution in [0.4, 0.5) is 0 Å². The molecule has 3 rings (SSSR count). The molecular formula is C23H28N2O3. The van der Waals surface area contributed by atoms with Crippen LogP contribution in [-0.4, -0.2) is 47.4 Å². The van der Waals surface area contributed by atoms with E-state index in [0.29, 0.717) is 29.1 Å². The van der Waals surface area contributed by atoms with Crippen LogP contribution in [-0.2, 0) is 4.74 Å². The van der Waals surface area contributed by atoms with Crippen molar-refractivity contribution >= 4 is 17.3 Å². The standard InChI is InChI=1S/C23H28N2O3/c1-5-28-23(27)20-15(2)21(24-16(20)3)22(26)17(4)25-13-11-19(12-14-25)18-9-7-6-8-10-18/h6-11,17,24H,5,12-14H2,1-4H3. The van der Waals surface area contributed by atoms with Gasteiger partial charge in [0.15, 0.2) is 5.78 Å². The Labute approximate surface area is 166 Å². The van der Waals surface area contributed by atoms with Crippen molar-refractivity contribution in [3.63, 3.8) is 0 Å². The zero-order valence-corrected chi connectivity index (χ0v) is 17.0. The first kappa shape index (κ1) is 20.1. The van der Waals surface area contributed by atoms with Crippen molar-refractivity contribution in [1.82, 2.24) is 9.88 Å². The van der Waals surface area contributed by atoms with Gasteiger partial charge in [-0.3, -0.25) is 9.69 Å². The van der Waals surface area contributed by atoms with E-state index in [0.717, 1.165) is 19.5 Å². The van der Waals surface area contributed by atoms with Crippen molar-refractivity contribution in [2.75, 3.05) is 19.7 Å². The van der Waals surface area contributed by atoms with Crippen LogP contribution in [0.1, 0.15) is 57.9 Å². The molecule has 5 heteroatoms. The Bertz CT molecular complexity index is 896. The molecule has 1 aliphatic rings. The van der Waals surface area contributed by atoms with Gasteiger partial charge in [-0.15, -0.1) is 0 Å². The summed E-state index contributed by atoms with van der Waals surface area (Å²) in [4.78, 5) is 30.6. The summed E-state index contributed by atoms with van der Waals surface area (Å²) in [6, 6.07) is 10.1. The van der Waals surface area contributed by atoms with Crippen molar-refractivity contribution in [3.05, 3.63) is 64.5 Å². The Morgan fingerprint density at radius 3 is 2.54 bits per heavy atom. The van der Waals surface area contributed by atoms with Gasteiger partial charge in [0.25, 0.3) is 0 Å². The first-order valence-electron chi connectivity index (χ1n) is 9.83. The van der Waals surface area contributed by atoms with E-state index in [4.69, 9.17) is 4.74 Å². The number of aromatic nitrogens is 1. The zero-order valence-electron chi connectivity index (χ0n) is 17.0. The highest BCUT2D eigenvalue weighted by molar-refractivity contribution is 6.03. The number of rotatable bonds is 6. The average Bonchev–Trinajstić information content (AvgIpc) is 3.02. The van der Waals surface area contributed by atoms with Crippen LogP contribution in [0.3, 0.4) is 0 Å². The number of Topliss-reactive ketones (excluding diaryl/α,β-unsaturated/α-hetero) is 1. The molecule has 28 heavy (non-hydrogen) atoms. The third kappa shape index (κ3) is 3.94. The van der Waals surface area contributed by atoms with Gasteiger partial charge in [0.05, 0.1) is 23.9 Å². The zero-order chi connectivity index (χ0) is 20.3. The lowest BCUT2D eigenvalue weighted by Gasteiger charge is -2.31. The van der Waals surface area contributed by atoms with Crippen LogP contribution in [0.15, 0.2) is 36.4 Å². The van der Waals surface area contributed by atoms with E-state index in [2.05, 4.69) is 28.1 Å². The molecule has 0 amide bonds. The number of carbonyl (C=O) groups excluding carboxylic acids is 2. The SMILES string of the molecule is CCOC(=O)c1c(C)[nH]c(C(=O)C(C)N2CC=C(c3ccccc3)CC2)c1C. The number of aryl methyl sites for hydroxylation is 1. The third-order valence-electron chi connectivity index (χ3n) is 5.48. The van der Waals surface area contributed by atoms with E-state index in [1.807, 2.05) is 25.1 Å². The van der Waals surface area contributed by atoms with Crippen LogP contribution >= 0.6 is 0 Å². The maximum absolute atomic E-state index is 13.1. The Hall–Kier alpha value is -2.66. The second kappa shape index (κ2) is 8.57. The molecule has 0 spiro atoms. The number of hydrogen-bond acceptors (Lipinski definition) is 4. The topological polar surface area (TPSA) is 62.4 Å². The fourth-order valence-corrected chi connectivity index (χ4v) is 3.83. The predicted molar refractivity (Wildman–Crippen MR) is 111 cm³/mol. The van der Waals surface area contributed by atoms with Gasteiger partial charge >= 0.3 is 5.97 Å². The van der Waals surface area contributed by atoms with Gasteiger partial charge < -0.3 is 9.72 Å². The lowest BCUT2D eigenvalue weighted by atomic mass is 9.97. The third-order valence-corrected chi connectivity index (χ3v) is 5.48. The van der Waals surface area contributed by atoms with Crippen LogP contribution in [0.25, 0.3) is 5.57 Å². The molecule has 1 N–H and O–H groups in total. The number of benzene rings is 1. The summed E-state index contributed by atoms with van der Waals surface area (Å²) in [5.74, 6) is -0.374. The highest BCUT2D eigenvalue weighted by atomic mass is 16.5. The minimum absolute atomic E-state index is 0.00714. The highest BCUT2D eigenvalue weighted by Crippen LogP contribution is 2.25. The van der Waals surface area contributed by atoms with Gasteiger partial charge in [-0.25, -0.2) is 4.79 Å². The summed E-state index contributed by atoms with van der Waals surface area (Å²) in [5.41, 5.74) is 4.90. The van der Waals surface area contributed by atoms with Gasteiger partial charge in [-0.1, -0.05) is 36.4 Å². The van der Waals surface area contributed by atoms with Crippen molar-refractivity contribution in [2.45, 2.75) is 40.2 Å². The Kier molecular flexibility index (Phi) is 6.15. The number of ether oxygens (including phenoxy) is 1. The number of H-pyrrole nitrogens is 1. The number of nitrogens with one attached hydrogen (secondary N) is 1. The summed E-state index contributed by atoms with van der Waals surface area (Å²) < 4.78 is 5.12. The quantitative estimate of drug-likeness (QED) is 0.603. The molecule has 148 valence electrons. The molecule has 1 aromatic heterocycles. The summed E-state index contributed by atoms with van der Waals surface area (Å²) in [6.07, 6.45) is 3.12. The molecule has 1 unspecified atom stereocenters. The highest BCUT2D eigenvalue weighted by Gasteiger charge is 2.29. The molecule has 1 aromatic carbocycles. The van der Waals surface area contributed by atoms with E-state index in [1.54, 1.807) is 20.8 Å². The van der Waals surface area contributed by atoms with Crippen LogP contribution in [0.5, 0.6) is 0 Å². The molecular weight excluding hydrogens is 352 g/mol. The normalized spacial score (nSPS) is 15.8. The van der Waals surface area contributed by atoms with E-state index in [1.165, 1.54) is 11.1 Å². The summed E-state index contributed by atoms with van der Waals surface area (Å²) in [5, 5.41) is 0. The molecule has 0 radical (unpaired) electrons. The minimum atomic E-state index is -0.381. The summed E-state index contributed by atoms with van der Waals surface area (Å²) in [6.45, 7) is 9.19. The van der Waals surface area contributed by atoms with Crippen LogP contribution in [0, 0.1) is 13.8 Å². The monoisotopic (exact) mass is 380 g/mol. The average molecular weight is 380 g/mol. The minimum Gasteiger partial charge on any atom is -0.462 e. The fourth-order valence-electron chi connectivity index (χ4n) is 3.83.